The minimum Gasteiger partial charge on any atom is -0.372 e. The van der Waals surface area contributed by atoms with Gasteiger partial charge in [-0.2, -0.15) is 0 Å². The Morgan fingerprint density at radius 1 is 1.18 bits per heavy atom. The molecule has 1 N–H and O–H groups in total. The van der Waals surface area contributed by atoms with E-state index in [4.69, 9.17) is 0 Å². The van der Waals surface area contributed by atoms with Crippen LogP contribution in [0.5, 0.6) is 0 Å². The fourth-order valence-corrected chi connectivity index (χ4v) is 1.99. The third-order valence-electron chi connectivity index (χ3n) is 2.96. The molecule has 0 heterocycles. The molecule has 0 aliphatic heterocycles. The lowest BCUT2D eigenvalue weighted by Crippen LogP contribution is -2.27. The number of aryl methyl sites for hydroxylation is 1. The van der Waals surface area contributed by atoms with E-state index in [2.05, 4.69) is 55.3 Å². The van der Waals surface area contributed by atoms with Crippen LogP contribution < -0.4 is 10.2 Å². The number of anilines is 1. The molecule has 0 radical (unpaired) electrons. The van der Waals surface area contributed by atoms with Crippen LogP contribution in [0.2, 0.25) is 0 Å². The van der Waals surface area contributed by atoms with Crippen molar-refractivity contribution in [2.45, 2.75) is 33.6 Å². The van der Waals surface area contributed by atoms with Crippen LogP contribution in [0.1, 0.15) is 32.3 Å². The van der Waals surface area contributed by atoms with Crippen molar-refractivity contribution in [1.82, 2.24) is 5.32 Å². The summed E-state index contributed by atoms with van der Waals surface area (Å²) in [5.74, 6) is 0. The molecule has 0 aliphatic carbocycles. The van der Waals surface area contributed by atoms with E-state index < -0.39 is 0 Å². The van der Waals surface area contributed by atoms with Gasteiger partial charge in [-0.15, -0.1) is 0 Å². The highest BCUT2D eigenvalue weighted by Gasteiger charge is 2.03. The predicted octanol–water partition coefficient (Wildman–Crippen LogP) is 3.21. The van der Waals surface area contributed by atoms with Crippen molar-refractivity contribution in [2.75, 3.05) is 31.1 Å². The van der Waals surface area contributed by atoms with E-state index >= 15 is 0 Å². The van der Waals surface area contributed by atoms with Crippen LogP contribution in [-0.2, 0) is 0 Å². The Bertz CT molecular complexity index is 310. The molecule has 0 spiro atoms. The molecule has 0 aromatic heterocycles. The average molecular weight is 234 g/mol. The molecule has 0 bridgehead atoms. The standard InChI is InChI=1S/C15H26N2/c1-4-10-16-11-7-12-17(5-2)15-9-6-8-14(3)13-15/h6,8-9,13,16H,4-5,7,10-12H2,1-3H3. The summed E-state index contributed by atoms with van der Waals surface area (Å²) >= 11 is 0. The average Bonchev–Trinajstić information content (AvgIpc) is 2.34. The Hall–Kier alpha value is -1.02. The molecule has 0 saturated heterocycles. The molecule has 96 valence electrons. The molecule has 1 rings (SSSR count). The summed E-state index contributed by atoms with van der Waals surface area (Å²) in [5, 5.41) is 3.45. The van der Waals surface area contributed by atoms with E-state index in [1.807, 2.05) is 0 Å². The SMILES string of the molecule is CCCNCCCN(CC)c1cccc(C)c1. The molecule has 2 nitrogen and oxygen atoms in total. The van der Waals surface area contributed by atoms with Gasteiger partial charge in [-0.1, -0.05) is 19.1 Å². The lowest BCUT2D eigenvalue weighted by atomic mass is 10.2. The lowest BCUT2D eigenvalue weighted by Gasteiger charge is -2.23. The van der Waals surface area contributed by atoms with Crippen LogP contribution in [0.4, 0.5) is 5.69 Å². The maximum Gasteiger partial charge on any atom is 0.0368 e. The Kier molecular flexibility index (Phi) is 6.71. The van der Waals surface area contributed by atoms with E-state index in [1.54, 1.807) is 0 Å². The number of benzene rings is 1. The fourth-order valence-electron chi connectivity index (χ4n) is 1.99. The predicted molar refractivity (Wildman–Crippen MR) is 76.8 cm³/mol. The first-order valence-corrected chi connectivity index (χ1v) is 6.80. The van der Waals surface area contributed by atoms with Gasteiger partial charge in [0.05, 0.1) is 0 Å². The van der Waals surface area contributed by atoms with Gasteiger partial charge in [-0.05, 0) is 57.5 Å². The maximum atomic E-state index is 3.45. The van der Waals surface area contributed by atoms with Crippen molar-refractivity contribution in [3.05, 3.63) is 29.8 Å². The summed E-state index contributed by atoms with van der Waals surface area (Å²) in [5.41, 5.74) is 2.69. The van der Waals surface area contributed by atoms with Crippen LogP contribution in [0.3, 0.4) is 0 Å². The zero-order valence-corrected chi connectivity index (χ0v) is 11.5. The summed E-state index contributed by atoms with van der Waals surface area (Å²) in [6, 6.07) is 8.77. The summed E-state index contributed by atoms with van der Waals surface area (Å²) in [6.45, 7) is 11.1. The first-order chi connectivity index (χ1) is 8.27. The topological polar surface area (TPSA) is 15.3 Å². The van der Waals surface area contributed by atoms with Gasteiger partial charge >= 0.3 is 0 Å². The molecule has 0 atom stereocenters. The van der Waals surface area contributed by atoms with Gasteiger partial charge in [0, 0.05) is 18.8 Å². The second-order valence-corrected chi connectivity index (χ2v) is 4.52. The highest BCUT2D eigenvalue weighted by Crippen LogP contribution is 2.15. The van der Waals surface area contributed by atoms with Crippen molar-refractivity contribution in [1.29, 1.82) is 0 Å². The Morgan fingerprint density at radius 3 is 2.65 bits per heavy atom. The van der Waals surface area contributed by atoms with Crippen molar-refractivity contribution in [2.24, 2.45) is 0 Å². The van der Waals surface area contributed by atoms with Crippen molar-refractivity contribution < 1.29 is 0 Å². The summed E-state index contributed by atoms with van der Waals surface area (Å²) in [7, 11) is 0. The summed E-state index contributed by atoms with van der Waals surface area (Å²) < 4.78 is 0. The van der Waals surface area contributed by atoms with E-state index in [0.29, 0.717) is 0 Å². The molecule has 2 heteroatoms. The third kappa shape index (κ3) is 5.22. The quantitative estimate of drug-likeness (QED) is 0.695. The third-order valence-corrected chi connectivity index (χ3v) is 2.96. The van der Waals surface area contributed by atoms with Crippen LogP contribution in [0.15, 0.2) is 24.3 Å². The van der Waals surface area contributed by atoms with Crippen LogP contribution >= 0.6 is 0 Å². The van der Waals surface area contributed by atoms with Crippen molar-refractivity contribution in [3.63, 3.8) is 0 Å². The van der Waals surface area contributed by atoms with Gasteiger partial charge in [-0.25, -0.2) is 0 Å². The smallest absolute Gasteiger partial charge is 0.0368 e. The van der Waals surface area contributed by atoms with Gasteiger partial charge < -0.3 is 10.2 Å². The number of rotatable bonds is 8. The molecule has 17 heavy (non-hydrogen) atoms. The fraction of sp³-hybridized carbons (Fsp3) is 0.600. The summed E-state index contributed by atoms with van der Waals surface area (Å²) in [4.78, 5) is 2.45. The van der Waals surface area contributed by atoms with Crippen LogP contribution in [-0.4, -0.2) is 26.2 Å². The number of hydrogen-bond donors (Lipinski definition) is 1. The van der Waals surface area contributed by atoms with Gasteiger partial charge in [-0.3, -0.25) is 0 Å². The molecule has 0 fully saturated rings. The van der Waals surface area contributed by atoms with Gasteiger partial charge in [0.15, 0.2) is 0 Å². The van der Waals surface area contributed by atoms with Crippen molar-refractivity contribution in [3.8, 4) is 0 Å². The molecule has 1 aromatic carbocycles. The zero-order chi connectivity index (χ0) is 12.5. The van der Waals surface area contributed by atoms with E-state index in [-0.39, 0.29) is 0 Å². The maximum absolute atomic E-state index is 3.45. The molecule has 0 saturated carbocycles. The normalized spacial score (nSPS) is 10.5. The summed E-state index contributed by atoms with van der Waals surface area (Å²) in [6.07, 6.45) is 2.43. The highest BCUT2D eigenvalue weighted by atomic mass is 15.1. The molecule has 1 aromatic rings. The first-order valence-electron chi connectivity index (χ1n) is 6.80. The minimum atomic E-state index is 1.08. The Balaban J connectivity index is 2.38. The van der Waals surface area contributed by atoms with Gasteiger partial charge in [0.1, 0.15) is 0 Å². The molecular formula is C15H26N2. The molecule has 0 aliphatic rings. The second kappa shape index (κ2) is 8.13. The lowest BCUT2D eigenvalue weighted by molar-refractivity contribution is 0.629. The Labute approximate surface area is 106 Å². The number of hydrogen-bond acceptors (Lipinski definition) is 2. The highest BCUT2D eigenvalue weighted by molar-refractivity contribution is 5.48. The van der Waals surface area contributed by atoms with E-state index in [9.17, 15) is 0 Å². The van der Waals surface area contributed by atoms with Gasteiger partial charge in [0.25, 0.3) is 0 Å². The van der Waals surface area contributed by atoms with Crippen LogP contribution in [0, 0.1) is 6.92 Å². The van der Waals surface area contributed by atoms with Crippen LogP contribution in [0.25, 0.3) is 0 Å². The first kappa shape index (κ1) is 14.0. The van der Waals surface area contributed by atoms with Gasteiger partial charge in [0.2, 0.25) is 0 Å². The largest absolute Gasteiger partial charge is 0.372 e. The second-order valence-electron chi connectivity index (χ2n) is 4.52. The monoisotopic (exact) mass is 234 g/mol. The number of nitrogens with zero attached hydrogens (tertiary/aromatic N) is 1. The molecular weight excluding hydrogens is 208 g/mol. The van der Waals surface area contributed by atoms with E-state index in [0.717, 1.165) is 26.2 Å². The van der Waals surface area contributed by atoms with Crippen molar-refractivity contribution >= 4 is 5.69 Å². The minimum absolute atomic E-state index is 1.08. The zero-order valence-electron chi connectivity index (χ0n) is 11.5. The van der Waals surface area contributed by atoms with E-state index in [1.165, 1.54) is 24.1 Å². The number of nitrogens with one attached hydrogen (secondary N) is 1. The molecule has 0 unspecified atom stereocenters. The molecule has 0 amide bonds. The Morgan fingerprint density at radius 2 is 2.00 bits per heavy atom.